The van der Waals surface area contributed by atoms with E-state index in [1.54, 1.807) is 24.3 Å². The second-order valence-corrected chi connectivity index (χ2v) is 4.69. The summed E-state index contributed by atoms with van der Waals surface area (Å²) < 4.78 is 77.5. The monoisotopic (exact) mass is 365 g/mol. The van der Waals surface area contributed by atoms with Crippen LogP contribution < -0.4 is 5.32 Å². The average Bonchev–Trinajstić information content (AvgIpc) is 2.25. The van der Waals surface area contributed by atoms with E-state index in [9.17, 15) is 26.3 Å². The van der Waals surface area contributed by atoms with Crippen LogP contribution in [0.5, 0.6) is 0 Å². The van der Waals surface area contributed by atoms with E-state index in [1.165, 1.54) is 0 Å². The molecule has 0 bridgehead atoms. The minimum Gasteiger partial charge on any atom is -0.383 e. The van der Waals surface area contributed by atoms with Crippen molar-refractivity contribution in [1.29, 1.82) is 0 Å². The van der Waals surface area contributed by atoms with Crippen molar-refractivity contribution in [2.75, 3.05) is 18.5 Å². The van der Waals surface area contributed by atoms with Gasteiger partial charge in [0.05, 0.1) is 6.61 Å². The molecule has 0 amide bonds. The van der Waals surface area contributed by atoms with Crippen LogP contribution in [0.4, 0.5) is 32.0 Å². The zero-order valence-electron chi connectivity index (χ0n) is 9.85. The van der Waals surface area contributed by atoms with Gasteiger partial charge in [0.25, 0.3) is 0 Å². The molecule has 114 valence electrons. The van der Waals surface area contributed by atoms with Gasteiger partial charge >= 0.3 is 12.4 Å². The Morgan fingerprint density at radius 1 is 1.10 bits per heavy atom. The maximum Gasteiger partial charge on any atom is 0.423 e. The lowest BCUT2D eigenvalue weighted by Crippen LogP contribution is -2.45. The molecule has 0 spiro atoms. The molecule has 1 aromatic carbocycles. The van der Waals surface area contributed by atoms with E-state index in [1.807, 2.05) is 0 Å². The molecule has 0 aromatic heterocycles. The Bertz CT molecular complexity index is 420. The fraction of sp³-hybridized carbons (Fsp3) is 0.455. The lowest BCUT2D eigenvalue weighted by molar-refractivity contribution is -0.321. The van der Waals surface area contributed by atoms with Crippen LogP contribution in [0.15, 0.2) is 28.7 Å². The maximum atomic E-state index is 12.1. The highest BCUT2D eigenvalue weighted by molar-refractivity contribution is 9.10. The van der Waals surface area contributed by atoms with Crippen molar-refractivity contribution in [3.8, 4) is 0 Å². The van der Waals surface area contributed by atoms with Crippen LogP contribution in [-0.2, 0) is 4.74 Å². The van der Waals surface area contributed by atoms with Gasteiger partial charge in [-0.15, -0.1) is 0 Å². The summed E-state index contributed by atoms with van der Waals surface area (Å²) in [5.41, 5.74) is 0.554. The highest BCUT2D eigenvalue weighted by Crippen LogP contribution is 2.35. The molecule has 0 saturated carbocycles. The summed E-state index contributed by atoms with van der Waals surface area (Å²) in [6, 6.07) is 6.65. The summed E-state index contributed by atoms with van der Waals surface area (Å²) in [5.74, 6) is 0. The number of hydrogen-bond acceptors (Lipinski definition) is 2. The molecule has 0 saturated heterocycles. The summed E-state index contributed by atoms with van der Waals surface area (Å²) >= 11 is 3.18. The minimum absolute atomic E-state index is 0.181. The van der Waals surface area contributed by atoms with Crippen LogP contribution >= 0.6 is 15.9 Å². The second kappa shape index (κ2) is 6.66. The molecule has 20 heavy (non-hydrogen) atoms. The first-order chi connectivity index (χ1) is 9.10. The van der Waals surface area contributed by atoms with E-state index in [0.717, 1.165) is 4.47 Å². The lowest BCUT2D eigenvalue weighted by atomic mass is 10.3. The van der Waals surface area contributed by atoms with Crippen molar-refractivity contribution in [2.45, 2.75) is 18.5 Å². The first-order valence-electron chi connectivity index (χ1n) is 5.35. The lowest BCUT2D eigenvalue weighted by Gasteiger charge is -2.23. The van der Waals surface area contributed by atoms with Crippen LogP contribution in [0.3, 0.4) is 0 Å². The fourth-order valence-corrected chi connectivity index (χ4v) is 1.74. The standard InChI is InChI=1S/C11H10BrF6NO/c12-7-2-1-3-8(6-7)19-4-5-20-9(10(13,14)15)11(16,17)18/h1-3,6,9,19H,4-5H2. The van der Waals surface area contributed by atoms with E-state index < -0.39 is 25.1 Å². The number of halogens is 7. The number of nitrogens with one attached hydrogen (secondary N) is 1. The Kier molecular flexibility index (Phi) is 5.69. The molecule has 0 fully saturated rings. The molecule has 0 unspecified atom stereocenters. The molecule has 0 radical (unpaired) electrons. The van der Waals surface area contributed by atoms with Gasteiger partial charge in [-0.1, -0.05) is 22.0 Å². The minimum atomic E-state index is -5.48. The highest BCUT2D eigenvalue weighted by Gasteiger charge is 2.57. The van der Waals surface area contributed by atoms with Crippen molar-refractivity contribution in [1.82, 2.24) is 0 Å². The van der Waals surface area contributed by atoms with Crippen molar-refractivity contribution < 1.29 is 31.1 Å². The Balaban J connectivity index is 2.46. The maximum absolute atomic E-state index is 12.1. The zero-order chi connectivity index (χ0) is 15.4. The van der Waals surface area contributed by atoms with Gasteiger partial charge in [-0.05, 0) is 18.2 Å². The third-order valence-corrected chi connectivity index (χ3v) is 2.63. The van der Waals surface area contributed by atoms with Gasteiger partial charge in [-0.2, -0.15) is 26.3 Å². The quantitative estimate of drug-likeness (QED) is 0.617. The van der Waals surface area contributed by atoms with Gasteiger partial charge in [-0.3, -0.25) is 0 Å². The molecule has 0 aliphatic carbocycles. The van der Waals surface area contributed by atoms with Gasteiger partial charge in [0.1, 0.15) is 0 Å². The van der Waals surface area contributed by atoms with E-state index >= 15 is 0 Å². The van der Waals surface area contributed by atoms with Crippen LogP contribution in [0, 0.1) is 0 Å². The summed E-state index contributed by atoms with van der Waals surface area (Å²) in [6.07, 6.45) is -14.7. The largest absolute Gasteiger partial charge is 0.423 e. The highest BCUT2D eigenvalue weighted by atomic mass is 79.9. The smallest absolute Gasteiger partial charge is 0.383 e. The first-order valence-corrected chi connectivity index (χ1v) is 6.14. The van der Waals surface area contributed by atoms with E-state index in [0.29, 0.717) is 5.69 Å². The van der Waals surface area contributed by atoms with Crippen molar-refractivity contribution in [3.63, 3.8) is 0 Å². The predicted molar refractivity (Wildman–Crippen MR) is 64.5 cm³/mol. The fourth-order valence-electron chi connectivity index (χ4n) is 1.35. The van der Waals surface area contributed by atoms with Gasteiger partial charge < -0.3 is 10.1 Å². The van der Waals surface area contributed by atoms with Crippen LogP contribution in [-0.4, -0.2) is 31.6 Å². The molecule has 9 heteroatoms. The van der Waals surface area contributed by atoms with Crippen molar-refractivity contribution in [3.05, 3.63) is 28.7 Å². The summed E-state index contributed by atoms with van der Waals surface area (Å²) in [5, 5.41) is 2.65. The molecule has 0 aliphatic heterocycles. The summed E-state index contributed by atoms with van der Waals surface area (Å²) in [4.78, 5) is 0. The van der Waals surface area contributed by atoms with E-state index in [-0.39, 0.29) is 6.54 Å². The number of ether oxygens (including phenoxy) is 1. The van der Waals surface area contributed by atoms with Gasteiger partial charge in [0.15, 0.2) is 0 Å². The van der Waals surface area contributed by atoms with Gasteiger partial charge in [-0.25, -0.2) is 0 Å². The topological polar surface area (TPSA) is 21.3 Å². The number of hydrogen-bond donors (Lipinski definition) is 1. The van der Waals surface area contributed by atoms with Crippen molar-refractivity contribution >= 4 is 21.6 Å². The predicted octanol–water partition coefficient (Wildman–Crippen LogP) is 4.37. The average molecular weight is 366 g/mol. The third kappa shape index (κ3) is 5.58. The Morgan fingerprint density at radius 3 is 2.20 bits per heavy atom. The van der Waals surface area contributed by atoms with Crippen LogP contribution in [0.1, 0.15) is 0 Å². The first kappa shape index (κ1) is 17.1. The Hall–Kier alpha value is -0.960. The number of anilines is 1. The van der Waals surface area contributed by atoms with E-state index in [2.05, 4.69) is 26.0 Å². The third-order valence-electron chi connectivity index (χ3n) is 2.13. The number of rotatable bonds is 5. The van der Waals surface area contributed by atoms with Crippen LogP contribution in [0.2, 0.25) is 0 Å². The Labute approximate surface area is 119 Å². The molecular formula is C11H10BrF6NO. The summed E-state index contributed by atoms with van der Waals surface area (Å²) in [7, 11) is 0. The molecule has 1 aromatic rings. The van der Waals surface area contributed by atoms with Gasteiger partial charge in [0, 0.05) is 16.7 Å². The molecular weight excluding hydrogens is 356 g/mol. The molecule has 0 atom stereocenters. The SMILES string of the molecule is FC(F)(F)C(OCCNc1cccc(Br)c1)C(F)(F)F. The molecule has 0 heterocycles. The summed E-state index contributed by atoms with van der Waals surface area (Å²) in [6.45, 7) is -0.907. The molecule has 2 nitrogen and oxygen atoms in total. The van der Waals surface area contributed by atoms with Crippen molar-refractivity contribution in [2.24, 2.45) is 0 Å². The normalized spacial score (nSPS) is 12.8. The Morgan fingerprint density at radius 2 is 1.70 bits per heavy atom. The molecule has 1 N–H and O–H groups in total. The van der Waals surface area contributed by atoms with Crippen LogP contribution in [0.25, 0.3) is 0 Å². The second-order valence-electron chi connectivity index (χ2n) is 3.77. The van der Waals surface area contributed by atoms with E-state index in [4.69, 9.17) is 0 Å². The van der Waals surface area contributed by atoms with Gasteiger partial charge in [0.2, 0.25) is 6.10 Å². The number of alkyl halides is 6. The molecule has 1 rings (SSSR count). The zero-order valence-corrected chi connectivity index (χ0v) is 11.4. The number of benzene rings is 1. The molecule has 0 aliphatic rings.